The van der Waals surface area contributed by atoms with Gasteiger partial charge in [0.25, 0.3) is 5.91 Å². The first-order chi connectivity index (χ1) is 11.1. The van der Waals surface area contributed by atoms with Crippen LogP contribution in [0.5, 0.6) is 0 Å². The highest BCUT2D eigenvalue weighted by Gasteiger charge is 2.29. The first kappa shape index (κ1) is 15.0. The largest absolute Gasteiger partial charge is 0.289 e. The van der Waals surface area contributed by atoms with Gasteiger partial charge in [0.1, 0.15) is 0 Å². The van der Waals surface area contributed by atoms with Gasteiger partial charge in [-0.25, -0.2) is 0 Å². The first-order valence-electron chi connectivity index (χ1n) is 7.31. The Hall–Kier alpha value is -2.92. The molecule has 23 heavy (non-hydrogen) atoms. The lowest BCUT2D eigenvalue weighted by atomic mass is 10.2. The van der Waals surface area contributed by atoms with Gasteiger partial charge in [0, 0.05) is 6.20 Å². The summed E-state index contributed by atoms with van der Waals surface area (Å²) in [5, 5.41) is 16.7. The topological polar surface area (TPSA) is 56.1 Å². The minimum absolute atomic E-state index is 0.249. The van der Waals surface area contributed by atoms with Crippen molar-refractivity contribution in [2.24, 2.45) is 5.10 Å². The average molecular weight is 307 g/mol. The summed E-state index contributed by atoms with van der Waals surface area (Å²) in [4.78, 5) is 12.5. The van der Waals surface area contributed by atoms with Gasteiger partial charge in [-0.1, -0.05) is 48.5 Å². The molecule has 1 N–H and O–H groups in total. The summed E-state index contributed by atoms with van der Waals surface area (Å²) in [6.07, 6.45) is 1.43. The van der Waals surface area contributed by atoms with Gasteiger partial charge in [0.15, 0.2) is 0 Å². The number of anilines is 1. The zero-order valence-electron chi connectivity index (χ0n) is 12.8. The Kier molecular flexibility index (Phi) is 4.21. The molecular weight excluding hydrogens is 290 g/mol. The van der Waals surface area contributed by atoms with Gasteiger partial charge >= 0.3 is 0 Å². The number of nitrogens with zero attached hydrogens (tertiary/aromatic N) is 3. The SMILES string of the molecule is CC1=NN(c2ccccc2)C(=O)/C1=C/N(O)Cc1ccccc1. The monoisotopic (exact) mass is 307 g/mol. The number of hydrogen-bond donors (Lipinski definition) is 1. The highest BCUT2D eigenvalue weighted by molar-refractivity contribution is 6.29. The van der Waals surface area contributed by atoms with E-state index in [-0.39, 0.29) is 5.91 Å². The number of amides is 1. The van der Waals surface area contributed by atoms with E-state index in [4.69, 9.17) is 0 Å². The molecule has 3 rings (SSSR count). The number of carbonyl (C=O) groups is 1. The second-order valence-electron chi connectivity index (χ2n) is 5.26. The molecule has 0 atom stereocenters. The first-order valence-corrected chi connectivity index (χ1v) is 7.31. The van der Waals surface area contributed by atoms with E-state index in [1.165, 1.54) is 11.2 Å². The van der Waals surface area contributed by atoms with E-state index in [0.717, 1.165) is 10.6 Å². The van der Waals surface area contributed by atoms with Crippen LogP contribution in [-0.4, -0.2) is 21.9 Å². The summed E-state index contributed by atoms with van der Waals surface area (Å²) in [5.41, 5.74) is 2.61. The molecule has 2 aromatic carbocycles. The Balaban J connectivity index is 1.78. The molecule has 0 aromatic heterocycles. The average Bonchev–Trinajstić information content (AvgIpc) is 2.85. The van der Waals surface area contributed by atoms with Crippen molar-refractivity contribution in [2.45, 2.75) is 13.5 Å². The van der Waals surface area contributed by atoms with Crippen molar-refractivity contribution in [1.82, 2.24) is 5.06 Å². The second kappa shape index (κ2) is 6.46. The van der Waals surface area contributed by atoms with Crippen LogP contribution in [0.3, 0.4) is 0 Å². The van der Waals surface area contributed by atoms with E-state index in [2.05, 4.69) is 5.10 Å². The predicted octanol–water partition coefficient (Wildman–Crippen LogP) is 3.18. The molecule has 116 valence electrons. The molecule has 1 aliphatic rings. The maximum Gasteiger partial charge on any atom is 0.282 e. The molecule has 1 amide bonds. The number of para-hydroxylation sites is 1. The summed E-state index contributed by atoms with van der Waals surface area (Å²) in [5.74, 6) is -0.249. The molecule has 0 aliphatic carbocycles. The van der Waals surface area contributed by atoms with Crippen LogP contribution in [-0.2, 0) is 11.3 Å². The van der Waals surface area contributed by atoms with Crippen molar-refractivity contribution in [2.75, 3.05) is 5.01 Å². The highest BCUT2D eigenvalue weighted by Crippen LogP contribution is 2.23. The van der Waals surface area contributed by atoms with E-state index in [9.17, 15) is 10.0 Å². The quantitative estimate of drug-likeness (QED) is 0.697. The number of hydrazone groups is 1. The van der Waals surface area contributed by atoms with E-state index < -0.39 is 0 Å². The lowest BCUT2D eigenvalue weighted by molar-refractivity contribution is -0.114. The fraction of sp³-hybridized carbons (Fsp3) is 0.111. The molecule has 0 saturated heterocycles. The van der Waals surface area contributed by atoms with Gasteiger partial charge in [-0.2, -0.15) is 10.1 Å². The number of hydrogen-bond acceptors (Lipinski definition) is 4. The summed E-state index contributed by atoms with van der Waals surface area (Å²) < 4.78 is 0. The molecule has 0 spiro atoms. The predicted molar refractivity (Wildman–Crippen MR) is 88.9 cm³/mol. The van der Waals surface area contributed by atoms with Gasteiger partial charge in [-0.05, 0) is 24.6 Å². The number of benzene rings is 2. The molecule has 2 aromatic rings. The molecule has 0 bridgehead atoms. The van der Waals surface area contributed by atoms with Gasteiger partial charge < -0.3 is 0 Å². The maximum absolute atomic E-state index is 12.5. The van der Waals surface area contributed by atoms with Crippen LogP contribution in [0.25, 0.3) is 0 Å². The standard InChI is InChI=1S/C18H17N3O2/c1-14-17(13-20(23)12-15-8-4-2-5-9-15)18(22)21(19-14)16-10-6-3-7-11-16/h2-11,13,23H,12H2,1H3/b17-13+. The molecular formula is C18H17N3O2. The minimum atomic E-state index is -0.249. The zero-order chi connectivity index (χ0) is 16.2. The van der Waals surface area contributed by atoms with Gasteiger partial charge in [-0.3, -0.25) is 15.1 Å². The molecule has 5 heteroatoms. The minimum Gasteiger partial charge on any atom is -0.289 e. The van der Waals surface area contributed by atoms with Crippen LogP contribution in [0.1, 0.15) is 12.5 Å². The summed E-state index contributed by atoms with van der Waals surface area (Å²) >= 11 is 0. The van der Waals surface area contributed by atoms with E-state index in [1.807, 2.05) is 60.7 Å². The fourth-order valence-corrected chi connectivity index (χ4v) is 2.38. The molecule has 0 fully saturated rings. The smallest absolute Gasteiger partial charge is 0.282 e. The van der Waals surface area contributed by atoms with Crippen LogP contribution in [0.15, 0.2) is 77.5 Å². The highest BCUT2D eigenvalue weighted by atomic mass is 16.5. The molecule has 5 nitrogen and oxygen atoms in total. The zero-order valence-corrected chi connectivity index (χ0v) is 12.8. The van der Waals surface area contributed by atoms with Crippen molar-refractivity contribution < 1.29 is 10.0 Å². The summed E-state index contributed by atoms with van der Waals surface area (Å²) in [6, 6.07) is 18.8. The van der Waals surface area contributed by atoms with Crippen molar-refractivity contribution >= 4 is 17.3 Å². The molecule has 1 aliphatic heterocycles. The molecule has 1 heterocycles. The van der Waals surface area contributed by atoms with Crippen LogP contribution in [0.4, 0.5) is 5.69 Å². The van der Waals surface area contributed by atoms with Crippen LogP contribution < -0.4 is 5.01 Å². The Bertz CT molecular complexity index is 754. The van der Waals surface area contributed by atoms with E-state index in [1.54, 1.807) is 6.92 Å². The Labute approximate surface area is 134 Å². The van der Waals surface area contributed by atoms with Gasteiger partial charge in [-0.15, -0.1) is 0 Å². The lowest BCUT2D eigenvalue weighted by Gasteiger charge is -2.14. The van der Waals surface area contributed by atoms with Crippen molar-refractivity contribution in [3.63, 3.8) is 0 Å². The van der Waals surface area contributed by atoms with Crippen LogP contribution in [0, 0.1) is 0 Å². The number of carbonyl (C=O) groups excluding carboxylic acids is 1. The Morgan fingerprint density at radius 3 is 2.35 bits per heavy atom. The summed E-state index contributed by atoms with van der Waals surface area (Å²) in [7, 11) is 0. The summed E-state index contributed by atoms with van der Waals surface area (Å²) in [6.45, 7) is 2.05. The third-order valence-electron chi connectivity index (χ3n) is 3.53. The Morgan fingerprint density at radius 2 is 1.70 bits per heavy atom. The van der Waals surface area contributed by atoms with Gasteiger partial charge in [0.2, 0.25) is 0 Å². The fourth-order valence-electron chi connectivity index (χ4n) is 2.38. The van der Waals surface area contributed by atoms with Crippen molar-refractivity contribution in [1.29, 1.82) is 0 Å². The van der Waals surface area contributed by atoms with Crippen molar-refractivity contribution in [3.8, 4) is 0 Å². The molecule has 0 radical (unpaired) electrons. The maximum atomic E-state index is 12.5. The Morgan fingerprint density at radius 1 is 1.09 bits per heavy atom. The molecule has 0 saturated carbocycles. The second-order valence-corrected chi connectivity index (χ2v) is 5.26. The molecule has 0 unspecified atom stereocenters. The number of rotatable bonds is 4. The third-order valence-corrected chi connectivity index (χ3v) is 3.53. The third kappa shape index (κ3) is 3.30. The number of hydroxylamine groups is 2. The van der Waals surface area contributed by atoms with E-state index >= 15 is 0 Å². The van der Waals surface area contributed by atoms with Crippen LogP contribution >= 0.6 is 0 Å². The van der Waals surface area contributed by atoms with Gasteiger partial charge in [0.05, 0.1) is 23.5 Å². The van der Waals surface area contributed by atoms with E-state index in [0.29, 0.717) is 23.5 Å². The van der Waals surface area contributed by atoms with Crippen LogP contribution in [0.2, 0.25) is 0 Å². The van der Waals surface area contributed by atoms with Crippen molar-refractivity contribution in [3.05, 3.63) is 78.0 Å². The normalized spacial score (nSPS) is 15.9. The lowest BCUT2D eigenvalue weighted by Crippen LogP contribution is -2.23.